The van der Waals surface area contributed by atoms with Gasteiger partial charge >= 0.3 is 0 Å². The number of benzene rings is 1. The minimum absolute atomic E-state index is 1.09. The van der Waals surface area contributed by atoms with Gasteiger partial charge in [0, 0.05) is 21.4 Å². The molecule has 0 N–H and O–H groups in total. The number of allylic oxidation sites excluding steroid dienone is 3. The Balaban J connectivity index is 2.85. The molecule has 0 saturated heterocycles. The maximum absolute atomic E-state index is 4.02. The molecule has 0 bridgehead atoms. The molecular formula is C22H19N. The molecular weight excluding hydrogens is 278 g/mol. The summed E-state index contributed by atoms with van der Waals surface area (Å²) < 4.78 is 2.26. The zero-order chi connectivity index (χ0) is 16.4. The van der Waals surface area contributed by atoms with Gasteiger partial charge in [0.05, 0.1) is 16.4 Å². The molecule has 0 saturated carbocycles. The summed E-state index contributed by atoms with van der Waals surface area (Å²) in [6.07, 6.45) is 13.5. The van der Waals surface area contributed by atoms with Crippen molar-refractivity contribution in [3.63, 3.8) is 0 Å². The van der Waals surface area contributed by atoms with E-state index in [1.54, 1.807) is 6.08 Å². The lowest BCUT2D eigenvalue weighted by atomic mass is 10.1. The van der Waals surface area contributed by atoms with Crippen molar-refractivity contribution >= 4 is 40.7 Å². The summed E-state index contributed by atoms with van der Waals surface area (Å²) in [5, 5.41) is 4.56. The van der Waals surface area contributed by atoms with E-state index in [-0.39, 0.29) is 0 Å². The Morgan fingerprint density at radius 3 is 2.09 bits per heavy atom. The van der Waals surface area contributed by atoms with Gasteiger partial charge in [-0.2, -0.15) is 0 Å². The van der Waals surface area contributed by atoms with Gasteiger partial charge in [-0.05, 0) is 12.1 Å². The van der Waals surface area contributed by atoms with Gasteiger partial charge < -0.3 is 4.40 Å². The average molecular weight is 297 g/mol. The van der Waals surface area contributed by atoms with Crippen molar-refractivity contribution in [3.05, 3.63) is 90.2 Å². The number of fused-ring (bicyclic) bond motifs is 3. The Morgan fingerprint density at radius 1 is 0.783 bits per heavy atom. The first-order chi connectivity index (χ1) is 11.3. The first kappa shape index (κ1) is 14.9. The van der Waals surface area contributed by atoms with Gasteiger partial charge in [0.1, 0.15) is 0 Å². The Labute approximate surface area is 135 Å². The standard InChI is InChI=1S/C22H19N/c1-5-11-17-16(8-4)22-19(12-6-2)18-14-9-10-15-21(18)23(22)20(17)13-7-3/h5-15H,1-4H2/b17-11-,19-12-,20-13+. The topological polar surface area (TPSA) is 4.41 Å². The minimum atomic E-state index is 1.09. The lowest BCUT2D eigenvalue weighted by molar-refractivity contribution is 1.21. The number of nitrogens with zero attached hydrogens (tertiary/aromatic N) is 1. The van der Waals surface area contributed by atoms with Crippen LogP contribution in [0, 0.1) is 0 Å². The maximum Gasteiger partial charge on any atom is 0.0620 e. The van der Waals surface area contributed by atoms with Gasteiger partial charge in [0.15, 0.2) is 0 Å². The molecule has 2 heterocycles. The van der Waals surface area contributed by atoms with Crippen molar-refractivity contribution in [3.8, 4) is 0 Å². The minimum Gasteiger partial charge on any atom is -0.308 e. The molecule has 23 heavy (non-hydrogen) atoms. The highest BCUT2D eigenvalue weighted by Gasteiger charge is 2.13. The quantitative estimate of drug-likeness (QED) is 0.695. The Hall–Kier alpha value is -3.06. The molecule has 0 atom stereocenters. The third kappa shape index (κ3) is 2.09. The molecule has 112 valence electrons. The van der Waals surface area contributed by atoms with E-state index in [0.29, 0.717) is 0 Å². The second-order valence-corrected chi connectivity index (χ2v) is 5.24. The van der Waals surface area contributed by atoms with Crippen LogP contribution in [0.15, 0.2) is 68.8 Å². The highest BCUT2D eigenvalue weighted by Crippen LogP contribution is 2.16. The predicted molar refractivity (Wildman–Crippen MR) is 103 cm³/mol. The first-order valence-corrected chi connectivity index (χ1v) is 7.54. The van der Waals surface area contributed by atoms with Crippen LogP contribution in [-0.4, -0.2) is 4.40 Å². The Morgan fingerprint density at radius 2 is 1.43 bits per heavy atom. The number of rotatable bonds is 4. The third-order valence-corrected chi connectivity index (χ3v) is 4.02. The van der Waals surface area contributed by atoms with Crippen molar-refractivity contribution in [1.82, 2.24) is 4.40 Å². The fourth-order valence-electron chi connectivity index (χ4n) is 3.23. The summed E-state index contributed by atoms with van der Waals surface area (Å²) in [7, 11) is 0. The van der Waals surface area contributed by atoms with Gasteiger partial charge in [0.25, 0.3) is 0 Å². The zero-order valence-corrected chi connectivity index (χ0v) is 13.1. The molecule has 2 aromatic heterocycles. The van der Waals surface area contributed by atoms with E-state index in [1.807, 2.05) is 30.4 Å². The van der Waals surface area contributed by atoms with E-state index in [1.165, 1.54) is 5.39 Å². The summed E-state index contributed by atoms with van der Waals surface area (Å²) in [5.41, 5.74) is 3.40. The normalized spacial score (nSPS) is 13.8. The molecule has 0 aliphatic heterocycles. The van der Waals surface area contributed by atoms with Crippen LogP contribution in [-0.2, 0) is 0 Å². The number of hydrogen-bond acceptors (Lipinski definition) is 0. The molecule has 3 rings (SSSR count). The molecule has 0 radical (unpaired) electrons. The van der Waals surface area contributed by atoms with Gasteiger partial charge in [-0.3, -0.25) is 0 Å². The lowest BCUT2D eigenvalue weighted by Gasteiger charge is -1.92. The van der Waals surface area contributed by atoms with Crippen molar-refractivity contribution < 1.29 is 0 Å². The molecule has 0 fully saturated rings. The zero-order valence-electron chi connectivity index (χ0n) is 13.1. The highest BCUT2D eigenvalue weighted by atomic mass is 14.9. The van der Waals surface area contributed by atoms with Gasteiger partial charge in [0.2, 0.25) is 0 Å². The van der Waals surface area contributed by atoms with Crippen molar-refractivity contribution in [1.29, 1.82) is 0 Å². The number of hydrogen-bond donors (Lipinski definition) is 0. The molecule has 1 aromatic carbocycles. The summed E-state index contributed by atoms with van der Waals surface area (Å²) in [6, 6.07) is 8.39. The largest absolute Gasteiger partial charge is 0.308 e. The van der Waals surface area contributed by atoms with Crippen LogP contribution in [0.25, 0.3) is 40.7 Å². The second-order valence-electron chi connectivity index (χ2n) is 5.24. The predicted octanol–water partition coefficient (Wildman–Crippen LogP) is 3.35. The van der Waals surface area contributed by atoms with Crippen LogP contribution in [0.1, 0.15) is 5.56 Å². The highest BCUT2D eigenvalue weighted by molar-refractivity contribution is 5.93. The lowest BCUT2D eigenvalue weighted by Crippen LogP contribution is -2.26. The van der Waals surface area contributed by atoms with Crippen LogP contribution < -0.4 is 15.8 Å². The second kappa shape index (κ2) is 5.98. The van der Waals surface area contributed by atoms with Crippen molar-refractivity contribution in [2.75, 3.05) is 0 Å². The van der Waals surface area contributed by atoms with E-state index in [2.05, 4.69) is 61.1 Å². The monoisotopic (exact) mass is 297 g/mol. The van der Waals surface area contributed by atoms with E-state index >= 15 is 0 Å². The van der Waals surface area contributed by atoms with Gasteiger partial charge in [-0.15, -0.1) is 0 Å². The van der Waals surface area contributed by atoms with E-state index in [4.69, 9.17) is 0 Å². The summed E-state index contributed by atoms with van der Waals surface area (Å²) >= 11 is 0. The van der Waals surface area contributed by atoms with E-state index in [0.717, 1.165) is 32.4 Å². The first-order valence-electron chi connectivity index (χ1n) is 7.54. The van der Waals surface area contributed by atoms with Crippen LogP contribution in [0.4, 0.5) is 0 Å². The summed E-state index contributed by atoms with van der Waals surface area (Å²) in [6.45, 7) is 15.6. The SMILES string of the molecule is C=C/C=c1/c(C=C)c2/c(=C\C=C)c3ccccc3n2/c1=C/C=C. The van der Waals surface area contributed by atoms with E-state index < -0.39 is 0 Å². The molecule has 0 aliphatic carbocycles. The molecule has 1 heteroatoms. The van der Waals surface area contributed by atoms with Crippen molar-refractivity contribution in [2.24, 2.45) is 0 Å². The molecule has 1 nitrogen and oxygen atoms in total. The smallest absolute Gasteiger partial charge is 0.0620 e. The average Bonchev–Trinajstić information content (AvgIpc) is 3.03. The fraction of sp³-hybridized carbons (Fsp3) is 0. The van der Waals surface area contributed by atoms with Crippen LogP contribution >= 0.6 is 0 Å². The van der Waals surface area contributed by atoms with E-state index in [9.17, 15) is 0 Å². The maximum atomic E-state index is 4.02. The van der Waals surface area contributed by atoms with Crippen LogP contribution in [0.5, 0.6) is 0 Å². The number of para-hydroxylation sites is 1. The van der Waals surface area contributed by atoms with Gasteiger partial charge in [-0.25, -0.2) is 0 Å². The summed E-state index contributed by atoms with van der Waals surface area (Å²) in [4.78, 5) is 0. The molecule has 0 aliphatic rings. The molecule has 3 aromatic rings. The van der Waals surface area contributed by atoms with Crippen LogP contribution in [0.3, 0.4) is 0 Å². The Kier molecular flexibility index (Phi) is 3.86. The summed E-state index contributed by atoms with van der Waals surface area (Å²) in [5.74, 6) is 0. The van der Waals surface area contributed by atoms with Crippen molar-refractivity contribution in [2.45, 2.75) is 0 Å². The molecule has 0 spiro atoms. The molecule has 0 amide bonds. The molecule has 0 unspecified atom stereocenters. The van der Waals surface area contributed by atoms with Crippen LogP contribution in [0.2, 0.25) is 0 Å². The fourth-order valence-corrected chi connectivity index (χ4v) is 3.23. The number of aromatic nitrogens is 1. The Bertz CT molecular complexity index is 1120. The van der Waals surface area contributed by atoms with Gasteiger partial charge in [-0.1, -0.05) is 81.0 Å². The third-order valence-electron chi connectivity index (χ3n) is 4.02.